The molecule has 3 heterocycles. The van der Waals surface area contributed by atoms with E-state index in [1.54, 1.807) is 6.07 Å². The summed E-state index contributed by atoms with van der Waals surface area (Å²) in [6.45, 7) is 5.46. The van der Waals surface area contributed by atoms with Crippen molar-refractivity contribution in [1.29, 1.82) is 0 Å². The van der Waals surface area contributed by atoms with Gasteiger partial charge in [0, 0.05) is 43.3 Å². The number of anilines is 1. The average Bonchev–Trinajstić information content (AvgIpc) is 3.11. The number of aromatic nitrogens is 3. The van der Waals surface area contributed by atoms with Crippen molar-refractivity contribution in [3.05, 3.63) is 63.3 Å². The second-order valence-corrected chi connectivity index (χ2v) is 6.96. The van der Waals surface area contributed by atoms with Crippen LogP contribution < -0.4 is 4.90 Å². The second-order valence-electron chi connectivity index (χ2n) is 6.56. The van der Waals surface area contributed by atoms with Gasteiger partial charge in [-0.25, -0.2) is 4.98 Å². The van der Waals surface area contributed by atoms with Crippen molar-refractivity contribution in [2.75, 3.05) is 31.1 Å². The Kier molecular flexibility index (Phi) is 4.67. The van der Waals surface area contributed by atoms with Crippen molar-refractivity contribution < 1.29 is 4.92 Å². The highest BCUT2D eigenvalue weighted by Crippen LogP contribution is 2.28. The smallest absolute Gasteiger partial charge is 0.358 e. The molecule has 1 aliphatic rings. The van der Waals surface area contributed by atoms with Gasteiger partial charge in [0.05, 0.1) is 0 Å². The van der Waals surface area contributed by atoms with Crippen LogP contribution in [0.25, 0.3) is 5.65 Å². The normalized spacial score (nSPS) is 16.6. The highest BCUT2D eigenvalue weighted by molar-refractivity contribution is 6.31. The molecule has 1 unspecified atom stereocenters. The van der Waals surface area contributed by atoms with Crippen LogP contribution in [0.15, 0.2) is 42.6 Å². The van der Waals surface area contributed by atoms with Crippen LogP contribution >= 0.6 is 11.6 Å². The van der Waals surface area contributed by atoms with E-state index < -0.39 is 4.92 Å². The summed E-state index contributed by atoms with van der Waals surface area (Å²) >= 11 is 6.34. The van der Waals surface area contributed by atoms with E-state index in [4.69, 9.17) is 11.6 Å². The zero-order chi connectivity index (χ0) is 19.0. The molecule has 9 heteroatoms. The van der Waals surface area contributed by atoms with Crippen molar-refractivity contribution >= 4 is 28.9 Å². The molecule has 8 nitrogen and oxygen atoms in total. The summed E-state index contributed by atoms with van der Waals surface area (Å²) in [5.41, 5.74) is 1.60. The molecule has 0 spiro atoms. The first kappa shape index (κ1) is 17.7. The van der Waals surface area contributed by atoms with Gasteiger partial charge < -0.3 is 15.0 Å². The lowest BCUT2D eigenvalue weighted by Gasteiger charge is -2.38. The number of benzene rings is 1. The largest absolute Gasteiger partial charge is 0.368 e. The standard InChI is InChI=1S/C18H19ClN6O2/c1-13(14-4-2-3-5-15(14)19)22-8-10-23(11-9-22)17-7-6-16-20-12-18(25(26)27)24(16)21-17/h2-7,12-13H,8-11H2,1H3. The first-order valence-corrected chi connectivity index (χ1v) is 9.15. The van der Waals surface area contributed by atoms with Gasteiger partial charge in [-0.1, -0.05) is 39.4 Å². The summed E-state index contributed by atoms with van der Waals surface area (Å²) < 4.78 is 1.29. The van der Waals surface area contributed by atoms with Crippen molar-refractivity contribution in [3.63, 3.8) is 0 Å². The number of piperazine rings is 1. The van der Waals surface area contributed by atoms with Crippen LogP contribution in [0.4, 0.5) is 11.6 Å². The molecule has 3 aromatic rings. The molecule has 0 aliphatic carbocycles. The van der Waals surface area contributed by atoms with Gasteiger partial charge in [0.25, 0.3) is 0 Å². The number of halogens is 1. The van der Waals surface area contributed by atoms with Gasteiger partial charge in [0.1, 0.15) is 6.20 Å². The van der Waals surface area contributed by atoms with Gasteiger partial charge in [-0.05, 0) is 29.5 Å². The van der Waals surface area contributed by atoms with Crippen molar-refractivity contribution in [3.8, 4) is 0 Å². The minimum atomic E-state index is -0.472. The van der Waals surface area contributed by atoms with Crippen molar-refractivity contribution in [2.45, 2.75) is 13.0 Å². The summed E-state index contributed by atoms with van der Waals surface area (Å²) in [7, 11) is 0. The first-order chi connectivity index (χ1) is 13.0. The zero-order valence-electron chi connectivity index (χ0n) is 14.8. The molecule has 0 saturated carbocycles. The number of imidazole rings is 1. The Bertz CT molecular complexity index is 983. The van der Waals surface area contributed by atoms with Crippen LogP contribution in [0.5, 0.6) is 0 Å². The summed E-state index contributed by atoms with van der Waals surface area (Å²) in [5.74, 6) is 0.589. The molecule has 1 atom stereocenters. The fraction of sp³-hybridized carbons (Fsp3) is 0.333. The van der Waals surface area contributed by atoms with Crippen LogP contribution in [0.2, 0.25) is 5.02 Å². The fourth-order valence-corrected chi connectivity index (χ4v) is 3.79. The van der Waals surface area contributed by atoms with Gasteiger partial charge in [0.15, 0.2) is 5.82 Å². The van der Waals surface area contributed by atoms with E-state index in [0.717, 1.165) is 36.8 Å². The molecule has 0 bridgehead atoms. The molecular formula is C18H19ClN6O2. The number of fused-ring (bicyclic) bond motifs is 1. The molecule has 0 N–H and O–H groups in total. The van der Waals surface area contributed by atoms with E-state index in [9.17, 15) is 10.1 Å². The van der Waals surface area contributed by atoms with Crippen LogP contribution in [0.3, 0.4) is 0 Å². The van der Waals surface area contributed by atoms with E-state index >= 15 is 0 Å². The summed E-state index contributed by atoms with van der Waals surface area (Å²) in [6.07, 6.45) is 1.23. The van der Waals surface area contributed by atoms with E-state index in [0.29, 0.717) is 11.5 Å². The Balaban J connectivity index is 1.49. The maximum absolute atomic E-state index is 11.1. The van der Waals surface area contributed by atoms with E-state index in [1.165, 1.54) is 10.7 Å². The number of hydrogen-bond donors (Lipinski definition) is 0. The van der Waals surface area contributed by atoms with Crippen molar-refractivity contribution in [2.24, 2.45) is 0 Å². The van der Waals surface area contributed by atoms with E-state index in [1.807, 2.05) is 24.3 Å². The quantitative estimate of drug-likeness (QED) is 0.506. The van der Waals surface area contributed by atoms with Crippen LogP contribution in [0.1, 0.15) is 18.5 Å². The molecule has 0 radical (unpaired) electrons. The number of rotatable bonds is 4. The highest BCUT2D eigenvalue weighted by Gasteiger charge is 2.25. The topological polar surface area (TPSA) is 79.8 Å². The molecule has 27 heavy (non-hydrogen) atoms. The Morgan fingerprint density at radius 1 is 1.15 bits per heavy atom. The lowest BCUT2D eigenvalue weighted by atomic mass is 10.1. The predicted molar refractivity (Wildman–Crippen MR) is 103 cm³/mol. The van der Waals surface area contributed by atoms with E-state index in [-0.39, 0.29) is 11.9 Å². The Hall–Kier alpha value is -2.71. The monoisotopic (exact) mass is 386 g/mol. The van der Waals surface area contributed by atoms with E-state index in [2.05, 4.69) is 32.9 Å². The summed E-state index contributed by atoms with van der Waals surface area (Å²) in [6, 6.07) is 11.8. The zero-order valence-corrected chi connectivity index (χ0v) is 15.6. The SMILES string of the molecule is CC(c1ccccc1Cl)N1CCN(c2ccc3ncc([N+](=O)[O-])n3n2)CC1. The molecule has 4 rings (SSSR count). The number of nitrogens with zero attached hydrogens (tertiary/aromatic N) is 6. The Morgan fingerprint density at radius 2 is 1.89 bits per heavy atom. The number of nitro groups is 1. The highest BCUT2D eigenvalue weighted by atomic mass is 35.5. The molecule has 1 aromatic carbocycles. The van der Waals surface area contributed by atoms with Crippen LogP contribution in [-0.2, 0) is 0 Å². The molecule has 0 amide bonds. The molecule has 1 aliphatic heterocycles. The lowest BCUT2D eigenvalue weighted by Crippen LogP contribution is -2.47. The fourth-order valence-electron chi connectivity index (χ4n) is 3.49. The van der Waals surface area contributed by atoms with Gasteiger partial charge in [-0.3, -0.25) is 4.90 Å². The molecular weight excluding hydrogens is 368 g/mol. The maximum Gasteiger partial charge on any atom is 0.368 e. The minimum Gasteiger partial charge on any atom is -0.358 e. The second kappa shape index (κ2) is 7.13. The van der Waals surface area contributed by atoms with Crippen LogP contribution in [0, 0.1) is 10.1 Å². The predicted octanol–water partition coefficient (Wildman–Crippen LogP) is 3.17. The van der Waals surface area contributed by atoms with Gasteiger partial charge in [-0.2, -0.15) is 0 Å². The third-order valence-corrected chi connectivity index (χ3v) is 5.40. The van der Waals surface area contributed by atoms with Crippen molar-refractivity contribution in [1.82, 2.24) is 19.5 Å². The van der Waals surface area contributed by atoms with Gasteiger partial charge >= 0.3 is 5.82 Å². The molecule has 140 valence electrons. The molecule has 1 saturated heterocycles. The van der Waals surface area contributed by atoms with Crippen LogP contribution in [-0.4, -0.2) is 50.6 Å². The molecule has 1 fully saturated rings. The molecule has 2 aromatic heterocycles. The average molecular weight is 387 g/mol. The van der Waals surface area contributed by atoms with Gasteiger partial charge in [0.2, 0.25) is 5.65 Å². The number of hydrogen-bond acceptors (Lipinski definition) is 6. The van der Waals surface area contributed by atoms with Gasteiger partial charge in [-0.15, -0.1) is 0 Å². The maximum atomic E-state index is 11.1. The summed E-state index contributed by atoms with van der Waals surface area (Å²) in [4.78, 5) is 19.2. The third kappa shape index (κ3) is 3.33. The lowest BCUT2D eigenvalue weighted by molar-refractivity contribution is -0.391. The summed E-state index contributed by atoms with van der Waals surface area (Å²) in [5, 5.41) is 16.3. The Morgan fingerprint density at radius 3 is 2.59 bits per heavy atom. The Labute approximate surface area is 161 Å². The first-order valence-electron chi connectivity index (χ1n) is 8.77. The third-order valence-electron chi connectivity index (χ3n) is 5.06. The minimum absolute atomic E-state index is 0.127.